The van der Waals surface area contributed by atoms with Crippen LogP contribution in [0.1, 0.15) is 0 Å². The van der Waals surface area contributed by atoms with Gasteiger partial charge in [-0.15, -0.1) is 0 Å². The van der Waals surface area contributed by atoms with Gasteiger partial charge < -0.3 is 43.4 Å². The van der Waals surface area contributed by atoms with Crippen molar-refractivity contribution in [3.63, 3.8) is 0 Å². The average molecular weight is 1170 g/mol. The van der Waals surface area contributed by atoms with Gasteiger partial charge in [0.1, 0.15) is 34.9 Å². The Bertz CT molecular complexity index is 1660. The first-order valence-corrected chi connectivity index (χ1v) is 30.0. The van der Waals surface area contributed by atoms with E-state index in [0.29, 0.717) is 79.3 Å². The third-order valence-corrected chi connectivity index (χ3v) is 9.82. The molecule has 0 unspecified atom stereocenters. The Morgan fingerprint density at radius 2 is 0.343 bits per heavy atom. The summed E-state index contributed by atoms with van der Waals surface area (Å²) < 4.78 is 225. The Labute approximate surface area is 415 Å². The quantitative estimate of drug-likeness (QED) is 0.106. The molecule has 1 fully saturated rings. The van der Waals surface area contributed by atoms with E-state index in [0.717, 1.165) is 0 Å². The third kappa shape index (κ3) is 23.1. The third-order valence-electron chi connectivity index (χ3n) is 7.13. The van der Waals surface area contributed by atoms with Gasteiger partial charge in [-0.3, -0.25) is 0 Å². The zero-order valence-corrected chi connectivity index (χ0v) is 44.1. The minimum absolute atomic E-state index is 0. The molecule has 1 aliphatic heterocycles. The van der Waals surface area contributed by atoms with E-state index in [1.165, 1.54) is 0 Å². The maximum atomic E-state index is 13.1. The van der Waals surface area contributed by atoms with Crippen molar-refractivity contribution in [1.29, 1.82) is 0 Å². The van der Waals surface area contributed by atoms with E-state index in [9.17, 15) is 65.9 Å². The van der Waals surface area contributed by atoms with Crippen LogP contribution in [0.4, 0.5) is 82.9 Å². The van der Waals surface area contributed by atoms with Gasteiger partial charge in [0, 0.05) is 0 Å². The average Bonchev–Trinajstić information content (AvgIpc) is 3.23. The van der Waals surface area contributed by atoms with Gasteiger partial charge in [-0.1, -0.05) is 76.0 Å². The van der Waals surface area contributed by atoms with E-state index in [2.05, 4.69) is 14.9 Å². The first-order valence-electron chi connectivity index (χ1n) is 19.6. The van der Waals surface area contributed by atoms with Crippen LogP contribution < -0.4 is 0 Å². The summed E-state index contributed by atoms with van der Waals surface area (Å²) in [5.41, 5.74) is -3.22. The molecule has 3 aromatic rings. The van der Waals surface area contributed by atoms with E-state index in [-0.39, 0.29) is 41.7 Å². The standard InChI is InChI=1S/C12H24O6.3C9H9F5NSi.Ce/c1-2-14-5-6-16-9-10-18-12-11-17-8-7-15-4-3-13-1;3*1-16(2,3)15-9-7(13)5(11)4(10)6(12)8(9)14;/h1-12H2;3*1-3H3;/q;3*-1;+3. The number of nitrogens with zero attached hydrogens (tertiary/aromatic N) is 3. The molecule has 0 saturated carbocycles. The molecule has 3 aromatic carbocycles. The van der Waals surface area contributed by atoms with Crippen LogP contribution in [-0.4, -0.2) is 104 Å². The molecule has 0 aliphatic carbocycles. The second-order valence-corrected chi connectivity index (χ2v) is 30.0. The van der Waals surface area contributed by atoms with Crippen LogP contribution in [0.15, 0.2) is 0 Å². The first kappa shape index (κ1) is 64.8. The molecule has 0 amide bonds. The SMILES string of the molecule is C1COCCOCCOCCOCCOCCO1.C[Si](C)(C)[N-]c1c(F)c(F)c(F)c(F)c1F.C[Si](C)(C)[N-]c1c(F)c(F)c(F)c(F)c1F.C[Si](C)(C)[N-]c1c(F)c(F)c(F)c(F)c1F.[Ce+3]. The monoisotopic (exact) mass is 1170 g/mol. The molecule has 67 heavy (non-hydrogen) atoms. The molecule has 0 bridgehead atoms. The van der Waals surface area contributed by atoms with Crippen LogP contribution in [0.5, 0.6) is 0 Å². The van der Waals surface area contributed by atoms with Gasteiger partial charge in [0.05, 0.1) is 79.3 Å². The number of benzene rings is 3. The molecule has 0 aromatic heterocycles. The Hall–Kier alpha value is -2.20. The predicted octanol–water partition coefficient (Wildman–Crippen LogP) is 12.8. The van der Waals surface area contributed by atoms with Crippen LogP contribution in [0, 0.1) is 129 Å². The molecule has 379 valence electrons. The van der Waals surface area contributed by atoms with Crippen LogP contribution in [0.3, 0.4) is 0 Å². The normalized spacial score (nSPS) is 14.9. The molecule has 0 spiro atoms. The van der Waals surface area contributed by atoms with E-state index < -0.39 is 129 Å². The van der Waals surface area contributed by atoms with E-state index in [1.807, 2.05) is 0 Å². The van der Waals surface area contributed by atoms with E-state index in [1.54, 1.807) is 58.9 Å². The van der Waals surface area contributed by atoms with Gasteiger partial charge >= 0.3 is 41.7 Å². The van der Waals surface area contributed by atoms with Crippen molar-refractivity contribution < 1.29 is 136 Å². The van der Waals surface area contributed by atoms with E-state index >= 15 is 0 Å². The number of hydrogen-bond donors (Lipinski definition) is 0. The van der Waals surface area contributed by atoms with Crippen molar-refractivity contribution >= 4 is 41.8 Å². The van der Waals surface area contributed by atoms with Gasteiger partial charge in [-0.2, -0.15) is 0 Å². The van der Waals surface area contributed by atoms with Crippen LogP contribution in [0.2, 0.25) is 58.9 Å². The molecule has 1 saturated heterocycles. The summed E-state index contributed by atoms with van der Waals surface area (Å²) in [5, 5.41) is 0. The van der Waals surface area contributed by atoms with Gasteiger partial charge in [-0.25, -0.2) is 65.9 Å². The maximum absolute atomic E-state index is 13.1. The summed E-state index contributed by atoms with van der Waals surface area (Å²) in [5.74, 6) is -29.5. The molecule has 1 heterocycles. The van der Waals surface area contributed by atoms with Crippen LogP contribution in [0.25, 0.3) is 14.9 Å². The molecule has 1 radical (unpaired) electrons. The molecule has 4 rings (SSSR count). The molecular weight excluding hydrogens is 1120 g/mol. The van der Waals surface area contributed by atoms with Crippen molar-refractivity contribution in [2.24, 2.45) is 0 Å². The molecule has 0 N–H and O–H groups in total. The van der Waals surface area contributed by atoms with Gasteiger partial charge in [0.15, 0.2) is 52.4 Å². The van der Waals surface area contributed by atoms with Crippen molar-refractivity contribution in [1.82, 2.24) is 0 Å². The second kappa shape index (κ2) is 30.5. The molecular formula is C39H51CeF15N3O6Si3. The van der Waals surface area contributed by atoms with Gasteiger partial charge in [0.2, 0.25) is 0 Å². The van der Waals surface area contributed by atoms with Crippen molar-refractivity contribution in [3.05, 3.63) is 102 Å². The number of halogens is 15. The molecule has 28 heteroatoms. The summed E-state index contributed by atoms with van der Waals surface area (Å²) in [7, 11) is -7.00. The van der Waals surface area contributed by atoms with Crippen molar-refractivity contribution in [2.45, 2.75) is 58.9 Å². The zero-order chi connectivity index (χ0) is 50.7. The summed E-state index contributed by atoms with van der Waals surface area (Å²) in [4.78, 5) is 10.8. The zero-order valence-electron chi connectivity index (χ0n) is 37.9. The largest absolute Gasteiger partial charge is 3.00 e. The van der Waals surface area contributed by atoms with Gasteiger partial charge in [-0.05, 0) is 24.7 Å². The molecule has 0 atom stereocenters. The van der Waals surface area contributed by atoms with Crippen molar-refractivity contribution in [3.8, 4) is 0 Å². The smallest absolute Gasteiger partial charge is 0.682 e. The maximum Gasteiger partial charge on any atom is 3.00 e. The summed E-state index contributed by atoms with van der Waals surface area (Å²) >= 11 is 0. The molecule has 9 nitrogen and oxygen atoms in total. The summed E-state index contributed by atoms with van der Waals surface area (Å²) in [6.07, 6.45) is 0. The minimum atomic E-state index is -2.33. The Kier molecular flexibility index (Phi) is 29.5. The topological polar surface area (TPSA) is 97.7 Å². The fourth-order valence-electron chi connectivity index (χ4n) is 4.40. The fraction of sp³-hybridized carbons (Fsp3) is 0.538. The van der Waals surface area contributed by atoms with Gasteiger partial charge in [0.25, 0.3) is 0 Å². The Morgan fingerprint density at radius 3 is 0.448 bits per heavy atom. The molecule has 1 aliphatic rings. The van der Waals surface area contributed by atoms with E-state index in [4.69, 9.17) is 28.4 Å². The minimum Gasteiger partial charge on any atom is -0.682 e. The summed E-state index contributed by atoms with van der Waals surface area (Å²) in [6, 6.07) is 0. The fourth-order valence-corrected chi connectivity index (χ4v) is 7.00. The Morgan fingerprint density at radius 1 is 0.239 bits per heavy atom. The summed E-state index contributed by atoms with van der Waals surface area (Å²) in [6.45, 7) is 21.6. The number of hydrogen-bond acceptors (Lipinski definition) is 6. The van der Waals surface area contributed by atoms with Crippen LogP contribution in [-0.2, 0) is 28.4 Å². The van der Waals surface area contributed by atoms with Crippen molar-refractivity contribution in [2.75, 3.05) is 79.3 Å². The Balaban J connectivity index is 0.000000864. The predicted molar refractivity (Wildman–Crippen MR) is 223 cm³/mol. The second-order valence-electron chi connectivity index (χ2n) is 16.3. The number of ether oxygens (including phenoxy) is 6. The number of rotatable bonds is 6. The van der Waals surface area contributed by atoms with Crippen LogP contribution >= 0.6 is 0 Å². The first-order chi connectivity index (χ1) is 30.4.